The zero-order valence-electron chi connectivity index (χ0n) is 15.0. The van der Waals surface area contributed by atoms with E-state index >= 15 is 0 Å². The van der Waals surface area contributed by atoms with Crippen LogP contribution in [0.2, 0.25) is 0 Å². The SMILES string of the molecule is Cc1cnccc1-c1cnc(NCCc2ccncc2)nc1-c1ccco1. The van der Waals surface area contributed by atoms with Gasteiger partial charge in [0.2, 0.25) is 5.95 Å². The van der Waals surface area contributed by atoms with Crippen LogP contribution in [0.3, 0.4) is 0 Å². The molecule has 0 unspecified atom stereocenters. The number of furan rings is 1. The van der Waals surface area contributed by atoms with Crippen LogP contribution in [0.25, 0.3) is 22.6 Å². The van der Waals surface area contributed by atoms with Gasteiger partial charge in [0.1, 0.15) is 5.69 Å². The minimum Gasteiger partial charge on any atom is -0.463 e. The lowest BCUT2D eigenvalue weighted by molar-refractivity contribution is 0.580. The van der Waals surface area contributed by atoms with Crippen molar-refractivity contribution >= 4 is 5.95 Å². The van der Waals surface area contributed by atoms with Gasteiger partial charge in [-0.1, -0.05) is 0 Å². The molecule has 0 saturated heterocycles. The van der Waals surface area contributed by atoms with E-state index in [4.69, 9.17) is 9.40 Å². The van der Waals surface area contributed by atoms with Crippen molar-refractivity contribution < 1.29 is 4.42 Å². The molecule has 4 rings (SSSR count). The summed E-state index contributed by atoms with van der Waals surface area (Å²) in [6, 6.07) is 9.75. The molecule has 4 aromatic heterocycles. The lowest BCUT2D eigenvalue weighted by Gasteiger charge is -2.11. The van der Waals surface area contributed by atoms with Crippen LogP contribution in [0.5, 0.6) is 0 Å². The second kappa shape index (κ2) is 7.78. The maximum atomic E-state index is 5.61. The number of pyridine rings is 2. The monoisotopic (exact) mass is 357 g/mol. The van der Waals surface area contributed by atoms with Gasteiger partial charge in [-0.2, -0.15) is 0 Å². The van der Waals surface area contributed by atoms with E-state index in [1.54, 1.807) is 24.9 Å². The molecule has 0 saturated carbocycles. The van der Waals surface area contributed by atoms with Gasteiger partial charge in [0.25, 0.3) is 0 Å². The molecule has 4 aromatic rings. The normalized spacial score (nSPS) is 10.7. The minimum absolute atomic E-state index is 0.575. The third kappa shape index (κ3) is 3.84. The van der Waals surface area contributed by atoms with Gasteiger partial charge < -0.3 is 9.73 Å². The van der Waals surface area contributed by atoms with E-state index in [0.29, 0.717) is 11.7 Å². The predicted molar refractivity (Wildman–Crippen MR) is 104 cm³/mol. The molecule has 0 radical (unpaired) electrons. The van der Waals surface area contributed by atoms with Gasteiger partial charge in [0.05, 0.1) is 6.26 Å². The van der Waals surface area contributed by atoms with Crippen molar-refractivity contribution in [2.24, 2.45) is 0 Å². The van der Waals surface area contributed by atoms with E-state index in [1.807, 2.05) is 49.6 Å². The summed E-state index contributed by atoms with van der Waals surface area (Å²) in [5, 5.41) is 3.29. The summed E-state index contributed by atoms with van der Waals surface area (Å²) < 4.78 is 5.61. The van der Waals surface area contributed by atoms with Crippen molar-refractivity contribution in [3.05, 3.63) is 78.7 Å². The Labute approximate surface area is 157 Å². The Morgan fingerprint density at radius 1 is 0.963 bits per heavy atom. The summed E-state index contributed by atoms with van der Waals surface area (Å²) in [6.07, 6.45) is 11.6. The molecule has 0 fully saturated rings. The van der Waals surface area contributed by atoms with Crippen LogP contribution in [0.1, 0.15) is 11.1 Å². The highest BCUT2D eigenvalue weighted by Gasteiger charge is 2.15. The molecule has 4 heterocycles. The van der Waals surface area contributed by atoms with E-state index in [9.17, 15) is 0 Å². The van der Waals surface area contributed by atoms with Gasteiger partial charge in [-0.15, -0.1) is 0 Å². The summed E-state index contributed by atoms with van der Waals surface area (Å²) in [6.45, 7) is 2.75. The summed E-state index contributed by atoms with van der Waals surface area (Å²) in [4.78, 5) is 17.4. The summed E-state index contributed by atoms with van der Waals surface area (Å²) in [5.74, 6) is 1.28. The average Bonchev–Trinajstić information content (AvgIpc) is 3.24. The van der Waals surface area contributed by atoms with Crippen molar-refractivity contribution in [3.63, 3.8) is 0 Å². The summed E-state index contributed by atoms with van der Waals surface area (Å²) in [5.41, 5.74) is 5.00. The van der Waals surface area contributed by atoms with Crippen molar-refractivity contribution in [1.29, 1.82) is 0 Å². The molecule has 1 N–H and O–H groups in total. The number of nitrogens with zero attached hydrogens (tertiary/aromatic N) is 4. The Morgan fingerprint density at radius 3 is 2.59 bits per heavy atom. The molecular formula is C21H19N5O. The number of nitrogens with one attached hydrogen (secondary N) is 1. The van der Waals surface area contributed by atoms with Gasteiger partial charge in [-0.3, -0.25) is 9.97 Å². The smallest absolute Gasteiger partial charge is 0.223 e. The molecule has 134 valence electrons. The van der Waals surface area contributed by atoms with Crippen LogP contribution in [0.4, 0.5) is 5.95 Å². The number of aryl methyl sites for hydroxylation is 1. The van der Waals surface area contributed by atoms with Gasteiger partial charge in [-0.05, 0) is 60.4 Å². The van der Waals surface area contributed by atoms with Crippen LogP contribution < -0.4 is 5.32 Å². The fourth-order valence-electron chi connectivity index (χ4n) is 2.91. The zero-order valence-corrected chi connectivity index (χ0v) is 15.0. The molecule has 0 amide bonds. The minimum atomic E-state index is 0.575. The highest BCUT2D eigenvalue weighted by Crippen LogP contribution is 2.32. The lowest BCUT2D eigenvalue weighted by Crippen LogP contribution is -2.09. The Kier molecular flexibility index (Phi) is 4.87. The Bertz CT molecular complexity index is 1020. The molecule has 0 aliphatic carbocycles. The second-order valence-corrected chi connectivity index (χ2v) is 6.16. The molecule has 0 spiro atoms. The molecule has 0 bridgehead atoms. The predicted octanol–water partition coefficient (Wildman–Crippen LogP) is 4.16. The molecule has 0 atom stereocenters. The molecule has 6 heteroatoms. The maximum Gasteiger partial charge on any atom is 0.223 e. The van der Waals surface area contributed by atoms with E-state index in [-0.39, 0.29) is 0 Å². The zero-order chi connectivity index (χ0) is 18.5. The number of anilines is 1. The van der Waals surface area contributed by atoms with Crippen LogP contribution in [-0.4, -0.2) is 26.5 Å². The van der Waals surface area contributed by atoms with E-state index in [0.717, 1.165) is 35.3 Å². The fraction of sp³-hybridized carbons (Fsp3) is 0.143. The molecule has 0 aliphatic rings. The molecular weight excluding hydrogens is 338 g/mol. The van der Waals surface area contributed by atoms with Crippen LogP contribution in [0, 0.1) is 6.92 Å². The second-order valence-electron chi connectivity index (χ2n) is 6.16. The number of hydrogen-bond donors (Lipinski definition) is 1. The Morgan fingerprint density at radius 2 is 1.81 bits per heavy atom. The Hall–Kier alpha value is -3.54. The molecule has 0 aliphatic heterocycles. The Balaban J connectivity index is 1.62. The van der Waals surface area contributed by atoms with Crippen LogP contribution >= 0.6 is 0 Å². The van der Waals surface area contributed by atoms with Crippen molar-refractivity contribution in [2.45, 2.75) is 13.3 Å². The maximum absolute atomic E-state index is 5.61. The van der Waals surface area contributed by atoms with Gasteiger partial charge >= 0.3 is 0 Å². The number of aromatic nitrogens is 4. The number of hydrogen-bond acceptors (Lipinski definition) is 6. The van der Waals surface area contributed by atoms with Gasteiger partial charge in [-0.25, -0.2) is 9.97 Å². The van der Waals surface area contributed by atoms with Gasteiger partial charge in [0.15, 0.2) is 5.76 Å². The fourth-order valence-corrected chi connectivity index (χ4v) is 2.91. The quantitative estimate of drug-likeness (QED) is 0.558. The van der Waals surface area contributed by atoms with Crippen LogP contribution in [0.15, 0.2) is 72.0 Å². The highest BCUT2D eigenvalue weighted by atomic mass is 16.3. The topological polar surface area (TPSA) is 76.7 Å². The highest BCUT2D eigenvalue weighted by molar-refractivity contribution is 5.80. The van der Waals surface area contributed by atoms with E-state index in [1.165, 1.54) is 5.56 Å². The van der Waals surface area contributed by atoms with Crippen molar-refractivity contribution in [1.82, 2.24) is 19.9 Å². The number of rotatable bonds is 6. The molecule has 0 aromatic carbocycles. The third-order valence-electron chi connectivity index (χ3n) is 4.30. The average molecular weight is 357 g/mol. The summed E-state index contributed by atoms with van der Waals surface area (Å²) >= 11 is 0. The first kappa shape index (κ1) is 16.9. The molecule has 6 nitrogen and oxygen atoms in total. The summed E-state index contributed by atoms with van der Waals surface area (Å²) in [7, 11) is 0. The largest absolute Gasteiger partial charge is 0.463 e. The van der Waals surface area contributed by atoms with Crippen LogP contribution in [-0.2, 0) is 6.42 Å². The van der Waals surface area contributed by atoms with Crippen molar-refractivity contribution in [2.75, 3.05) is 11.9 Å². The standard InChI is InChI=1S/C21H19N5O/c1-15-13-23-10-7-17(15)18-14-25-21(26-20(18)19-3-2-12-27-19)24-11-6-16-4-8-22-9-5-16/h2-5,7-10,12-14H,6,11H2,1H3,(H,24,25,26). The van der Waals surface area contributed by atoms with Gasteiger partial charge in [0, 0.05) is 43.1 Å². The van der Waals surface area contributed by atoms with E-state index < -0.39 is 0 Å². The first-order chi connectivity index (χ1) is 13.3. The first-order valence-electron chi connectivity index (χ1n) is 8.76. The van der Waals surface area contributed by atoms with E-state index in [2.05, 4.69) is 20.3 Å². The first-order valence-corrected chi connectivity index (χ1v) is 8.76. The lowest BCUT2D eigenvalue weighted by atomic mass is 10.0. The van der Waals surface area contributed by atoms with Crippen molar-refractivity contribution in [3.8, 4) is 22.6 Å². The third-order valence-corrected chi connectivity index (χ3v) is 4.30. The molecule has 27 heavy (non-hydrogen) atoms.